The van der Waals surface area contributed by atoms with E-state index >= 15 is 0 Å². The summed E-state index contributed by atoms with van der Waals surface area (Å²) in [6, 6.07) is 10.1. The molecule has 0 bridgehead atoms. The van der Waals surface area contributed by atoms with Crippen molar-refractivity contribution < 1.29 is 32.2 Å². The lowest BCUT2D eigenvalue weighted by Gasteiger charge is -2.09. The molecule has 5 nitrogen and oxygen atoms in total. The van der Waals surface area contributed by atoms with Gasteiger partial charge in [-0.2, -0.15) is 0 Å². The van der Waals surface area contributed by atoms with Gasteiger partial charge in [-0.05, 0) is 48.0 Å². The molecule has 0 spiro atoms. The molecule has 2 aromatic carbocycles. The molecule has 0 aliphatic carbocycles. The van der Waals surface area contributed by atoms with Gasteiger partial charge in [-0.1, -0.05) is 6.07 Å². The smallest absolute Gasteiger partial charge is 0.454 e. The first-order valence-corrected chi connectivity index (χ1v) is 7.14. The van der Waals surface area contributed by atoms with Crippen molar-refractivity contribution in [3.8, 4) is 17.2 Å². The van der Waals surface area contributed by atoms with E-state index in [1.807, 2.05) is 0 Å². The number of fused-ring (bicyclic) bond motifs is 1. The third-order valence-corrected chi connectivity index (χ3v) is 3.18. The lowest BCUT2D eigenvalue weighted by Crippen LogP contribution is -2.17. The summed E-state index contributed by atoms with van der Waals surface area (Å²) in [6.45, 7) is 0.164. The van der Waals surface area contributed by atoms with Crippen LogP contribution in [-0.2, 0) is 4.79 Å². The zero-order valence-electron chi connectivity index (χ0n) is 12.7. The molecule has 2 aromatic rings. The van der Waals surface area contributed by atoms with Crippen LogP contribution < -0.4 is 19.5 Å². The lowest BCUT2D eigenvalue weighted by molar-refractivity contribution is -0.274. The summed E-state index contributed by atoms with van der Waals surface area (Å²) >= 11 is 0. The summed E-state index contributed by atoms with van der Waals surface area (Å²) in [4.78, 5) is 11.9. The van der Waals surface area contributed by atoms with E-state index in [1.54, 1.807) is 24.3 Å². The largest absolute Gasteiger partial charge is 0.573 e. The maximum Gasteiger partial charge on any atom is 0.573 e. The highest BCUT2D eigenvalue weighted by molar-refractivity contribution is 6.01. The van der Waals surface area contributed by atoms with Gasteiger partial charge >= 0.3 is 6.36 Å². The van der Waals surface area contributed by atoms with Gasteiger partial charge in [-0.3, -0.25) is 4.79 Å². The van der Waals surface area contributed by atoms with Crippen molar-refractivity contribution in [2.24, 2.45) is 0 Å². The number of rotatable bonds is 4. The molecular weight excluding hydrogens is 339 g/mol. The molecule has 0 atom stereocenters. The van der Waals surface area contributed by atoms with E-state index in [1.165, 1.54) is 18.2 Å². The Hall–Kier alpha value is -3.16. The van der Waals surface area contributed by atoms with Gasteiger partial charge in [0.25, 0.3) is 0 Å². The molecule has 0 unspecified atom stereocenters. The molecule has 25 heavy (non-hydrogen) atoms. The van der Waals surface area contributed by atoms with Crippen molar-refractivity contribution in [2.45, 2.75) is 6.36 Å². The van der Waals surface area contributed by atoms with Crippen LogP contribution in [0, 0.1) is 0 Å². The molecule has 1 aliphatic rings. The standard InChI is InChI=1S/C17H12F3NO4/c18-17(19,20)25-13-5-3-12(4-6-13)21-16(22)8-2-11-1-7-14-15(9-11)24-10-23-14/h1-9H,10H2,(H,21,22)/b8-2+. The van der Waals surface area contributed by atoms with E-state index in [0.29, 0.717) is 17.2 Å². The van der Waals surface area contributed by atoms with Crippen LogP contribution in [0.3, 0.4) is 0 Å². The SMILES string of the molecule is O=C(/C=C/c1ccc2c(c1)OCO2)Nc1ccc(OC(F)(F)F)cc1. The number of hydrogen-bond donors (Lipinski definition) is 1. The molecule has 0 saturated carbocycles. The predicted molar refractivity (Wildman–Crippen MR) is 83.4 cm³/mol. The molecule has 8 heteroatoms. The zero-order valence-corrected chi connectivity index (χ0v) is 12.7. The van der Waals surface area contributed by atoms with Gasteiger partial charge in [0.15, 0.2) is 11.5 Å². The number of benzene rings is 2. The molecule has 0 radical (unpaired) electrons. The molecule has 130 valence electrons. The normalized spacial score (nSPS) is 13.1. The summed E-state index contributed by atoms with van der Waals surface area (Å²) in [5.74, 6) is 0.453. The number of amides is 1. The van der Waals surface area contributed by atoms with E-state index < -0.39 is 12.3 Å². The third-order valence-electron chi connectivity index (χ3n) is 3.18. The quantitative estimate of drug-likeness (QED) is 0.847. The Labute approximate surface area is 140 Å². The number of alkyl halides is 3. The molecule has 0 fully saturated rings. The van der Waals surface area contributed by atoms with Gasteiger partial charge in [0.1, 0.15) is 5.75 Å². The van der Waals surface area contributed by atoms with E-state index in [2.05, 4.69) is 10.1 Å². The summed E-state index contributed by atoms with van der Waals surface area (Å²) in [6.07, 6.45) is -1.87. The first-order chi connectivity index (χ1) is 11.9. The van der Waals surface area contributed by atoms with E-state index in [4.69, 9.17) is 9.47 Å². The van der Waals surface area contributed by atoms with Gasteiger partial charge in [0, 0.05) is 11.8 Å². The second kappa shape index (κ2) is 6.76. The van der Waals surface area contributed by atoms with E-state index in [-0.39, 0.29) is 12.5 Å². The van der Waals surface area contributed by atoms with Crippen LogP contribution in [0.25, 0.3) is 6.08 Å². The van der Waals surface area contributed by atoms with Crippen molar-refractivity contribution >= 4 is 17.7 Å². The van der Waals surface area contributed by atoms with Crippen LogP contribution in [0.5, 0.6) is 17.2 Å². The van der Waals surface area contributed by atoms with Crippen LogP contribution >= 0.6 is 0 Å². The minimum absolute atomic E-state index is 0.164. The Morgan fingerprint density at radius 2 is 1.80 bits per heavy atom. The van der Waals surface area contributed by atoms with E-state index in [0.717, 1.165) is 17.7 Å². The topological polar surface area (TPSA) is 56.8 Å². The Balaban J connectivity index is 1.58. The maximum absolute atomic E-state index is 12.1. The average molecular weight is 351 g/mol. The van der Waals surface area contributed by atoms with Crippen LogP contribution in [0.4, 0.5) is 18.9 Å². The Kier molecular flexibility index (Phi) is 4.51. The molecule has 1 amide bonds. The van der Waals surface area contributed by atoms with Crippen LogP contribution in [0.1, 0.15) is 5.56 Å². The fourth-order valence-electron chi connectivity index (χ4n) is 2.11. The minimum Gasteiger partial charge on any atom is -0.454 e. The van der Waals surface area contributed by atoms with E-state index in [9.17, 15) is 18.0 Å². The predicted octanol–water partition coefficient (Wildman–Crippen LogP) is 3.97. The highest BCUT2D eigenvalue weighted by atomic mass is 19.4. The summed E-state index contributed by atoms with van der Waals surface area (Å²) < 4.78 is 50.4. The summed E-state index contributed by atoms with van der Waals surface area (Å²) in [5.41, 5.74) is 1.09. The highest BCUT2D eigenvalue weighted by Crippen LogP contribution is 2.32. The summed E-state index contributed by atoms with van der Waals surface area (Å²) in [7, 11) is 0. The van der Waals surface area contributed by atoms with Gasteiger partial charge in [0.2, 0.25) is 12.7 Å². The van der Waals surface area contributed by atoms with Crippen molar-refractivity contribution in [1.82, 2.24) is 0 Å². The monoisotopic (exact) mass is 351 g/mol. The van der Waals surface area contributed by atoms with Crippen molar-refractivity contribution in [2.75, 3.05) is 12.1 Å². The van der Waals surface area contributed by atoms with Gasteiger partial charge in [-0.15, -0.1) is 13.2 Å². The van der Waals surface area contributed by atoms with Crippen LogP contribution in [0.15, 0.2) is 48.5 Å². The third kappa shape index (κ3) is 4.66. The molecule has 3 rings (SSSR count). The Morgan fingerprint density at radius 1 is 1.08 bits per heavy atom. The second-order valence-corrected chi connectivity index (χ2v) is 5.01. The number of halogens is 3. The first kappa shape index (κ1) is 16.7. The zero-order chi connectivity index (χ0) is 17.9. The minimum atomic E-state index is -4.75. The van der Waals surface area contributed by atoms with Crippen molar-refractivity contribution in [3.63, 3.8) is 0 Å². The average Bonchev–Trinajstić information content (AvgIpc) is 3.01. The number of nitrogens with one attached hydrogen (secondary N) is 1. The second-order valence-electron chi connectivity index (χ2n) is 5.01. The number of ether oxygens (including phenoxy) is 3. The molecule has 1 heterocycles. The molecule has 0 saturated heterocycles. The summed E-state index contributed by atoms with van der Waals surface area (Å²) in [5, 5.41) is 2.54. The number of hydrogen-bond acceptors (Lipinski definition) is 4. The first-order valence-electron chi connectivity index (χ1n) is 7.14. The Bertz CT molecular complexity index is 801. The maximum atomic E-state index is 12.1. The number of carbonyl (C=O) groups is 1. The van der Waals surface area contributed by atoms with Gasteiger partial charge in [-0.25, -0.2) is 0 Å². The molecule has 1 N–H and O–H groups in total. The van der Waals surface area contributed by atoms with Crippen molar-refractivity contribution in [3.05, 3.63) is 54.1 Å². The molecule has 1 aliphatic heterocycles. The Morgan fingerprint density at radius 3 is 2.52 bits per heavy atom. The number of anilines is 1. The molecular formula is C17H12F3NO4. The van der Waals surface area contributed by atoms with Gasteiger partial charge < -0.3 is 19.5 Å². The fourth-order valence-corrected chi connectivity index (χ4v) is 2.11. The molecule has 0 aromatic heterocycles. The fraction of sp³-hybridized carbons (Fsp3) is 0.118. The highest BCUT2D eigenvalue weighted by Gasteiger charge is 2.30. The lowest BCUT2D eigenvalue weighted by atomic mass is 10.2. The number of carbonyl (C=O) groups excluding carboxylic acids is 1. The van der Waals surface area contributed by atoms with Gasteiger partial charge in [0.05, 0.1) is 0 Å². The van der Waals surface area contributed by atoms with Crippen LogP contribution in [0.2, 0.25) is 0 Å². The van der Waals surface area contributed by atoms with Crippen molar-refractivity contribution in [1.29, 1.82) is 0 Å². The van der Waals surface area contributed by atoms with Crippen LogP contribution in [-0.4, -0.2) is 19.1 Å².